The maximum Gasteiger partial charge on any atom is 0.275 e. The number of alkyl halides is 2. The second-order valence-electron chi connectivity index (χ2n) is 3.64. The molecule has 1 aromatic rings. The summed E-state index contributed by atoms with van der Waals surface area (Å²) in [5.74, 6) is -1.78. The summed E-state index contributed by atoms with van der Waals surface area (Å²) in [4.78, 5) is 0. The minimum Gasteiger partial charge on any atom is -0.481 e. The van der Waals surface area contributed by atoms with Crippen molar-refractivity contribution in [2.24, 2.45) is 0 Å². The molecule has 0 amide bonds. The van der Waals surface area contributed by atoms with Crippen molar-refractivity contribution in [2.45, 2.75) is 12.5 Å². The van der Waals surface area contributed by atoms with Gasteiger partial charge in [0.1, 0.15) is 11.5 Å². The maximum atomic E-state index is 13.8. The van der Waals surface area contributed by atoms with Crippen LogP contribution in [0.3, 0.4) is 0 Å². The summed E-state index contributed by atoms with van der Waals surface area (Å²) in [5.41, 5.74) is 0. The SMILES string of the molecule is O=S(=O)(O)CC(Oc1c(I)c(I)c(F)c(I)c1I)C(F)F. The van der Waals surface area contributed by atoms with Crippen molar-refractivity contribution in [2.75, 3.05) is 5.75 Å². The number of halogens is 7. The van der Waals surface area contributed by atoms with Crippen LogP contribution in [-0.4, -0.2) is 31.3 Å². The second kappa shape index (κ2) is 8.15. The van der Waals surface area contributed by atoms with Crippen molar-refractivity contribution in [3.63, 3.8) is 0 Å². The van der Waals surface area contributed by atoms with Gasteiger partial charge in [-0.25, -0.2) is 13.2 Å². The van der Waals surface area contributed by atoms with Crippen LogP contribution in [0.4, 0.5) is 13.2 Å². The van der Waals surface area contributed by atoms with Crippen LogP contribution < -0.4 is 4.74 Å². The third-order valence-corrected chi connectivity index (χ3v) is 8.99. The van der Waals surface area contributed by atoms with Gasteiger partial charge in [0.05, 0.1) is 14.3 Å². The molecular weight excluding hydrogens is 769 g/mol. The van der Waals surface area contributed by atoms with Crippen LogP contribution in [0.5, 0.6) is 5.75 Å². The fourth-order valence-electron chi connectivity index (χ4n) is 1.21. The number of benzene rings is 1. The Bertz CT molecular complexity index is 624. The zero-order chi connectivity index (χ0) is 16.5. The average Bonchev–Trinajstić information content (AvgIpc) is 2.36. The van der Waals surface area contributed by atoms with Gasteiger partial charge < -0.3 is 4.74 Å². The van der Waals surface area contributed by atoms with Gasteiger partial charge in [0.25, 0.3) is 16.5 Å². The third-order valence-electron chi connectivity index (χ3n) is 2.09. The molecule has 0 radical (unpaired) electrons. The molecule has 0 fully saturated rings. The zero-order valence-electron chi connectivity index (χ0n) is 9.59. The first-order valence-corrected chi connectivity index (χ1v) is 10.8. The molecule has 1 N–H and O–H groups in total. The molecule has 0 aliphatic heterocycles. The molecule has 0 heterocycles. The molecule has 0 spiro atoms. The van der Waals surface area contributed by atoms with Gasteiger partial charge in [-0.15, -0.1) is 0 Å². The van der Waals surface area contributed by atoms with Crippen molar-refractivity contribution < 1.29 is 30.9 Å². The van der Waals surface area contributed by atoms with Crippen LogP contribution in [0.25, 0.3) is 0 Å². The first-order valence-electron chi connectivity index (χ1n) is 4.87. The lowest BCUT2D eigenvalue weighted by Gasteiger charge is -2.20. The van der Waals surface area contributed by atoms with Gasteiger partial charge in [-0.1, -0.05) is 0 Å². The highest BCUT2D eigenvalue weighted by Crippen LogP contribution is 2.37. The number of ether oxygens (including phenoxy) is 1. The number of hydrogen-bond donors (Lipinski definition) is 1. The Balaban J connectivity index is 3.28. The molecule has 1 aromatic carbocycles. The lowest BCUT2D eigenvalue weighted by Crippen LogP contribution is -2.34. The lowest BCUT2D eigenvalue weighted by atomic mass is 10.3. The van der Waals surface area contributed by atoms with Crippen molar-refractivity contribution >= 4 is 100 Å². The van der Waals surface area contributed by atoms with Gasteiger partial charge in [0.2, 0.25) is 0 Å². The quantitative estimate of drug-likeness (QED) is 0.212. The van der Waals surface area contributed by atoms with Crippen LogP contribution in [0.2, 0.25) is 0 Å². The predicted octanol–water partition coefficient (Wildman–Crippen LogP) is 4.14. The standard InChI is InChI=1S/C9H5F3I4O4S/c10-3-4(13)6(15)8(7(16)5(3)14)20-2(9(11)12)1-21(17,18)19/h2,9H,1H2,(H,17,18,19). The Kier molecular flexibility index (Phi) is 8.02. The smallest absolute Gasteiger partial charge is 0.275 e. The van der Waals surface area contributed by atoms with Crippen molar-refractivity contribution in [1.82, 2.24) is 0 Å². The first kappa shape index (κ1) is 20.7. The van der Waals surface area contributed by atoms with E-state index in [2.05, 4.69) is 0 Å². The summed E-state index contributed by atoms with van der Waals surface area (Å²) in [6.45, 7) is 0. The Hall–Kier alpha value is 1.64. The maximum absolute atomic E-state index is 13.8. The van der Waals surface area contributed by atoms with Gasteiger partial charge in [0, 0.05) is 0 Å². The molecule has 1 rings (SSSR count). The van der Waals surface area contributed by atoms with E-state index in [-0.39, 0.29) is 20.0 Å². The third kappa shape index (κ3) is 5.59. The molecule has 1 unspecified atom stereocenters. The van der Waals surface area contributed by atoms with E-state index >= 15 is 0 Å². The van der Waals surface area contributed by atoms with Gasteiger partial charge in [0.15, 0.2) is 11.9 Å². The molecular formula is C9H5F3I4O4S. The Morgan fingerprint density at radius 2 is 1.48 bits per heavy atom. The molecule has 0 aliphatic rings. The monoisotopic (exact) mass is 774 g/mol. The van der Waals surface area contributed by atoms with Gasteiger partial charge >= 0.3 is 0 Å². The van der Waals surface area contributed by atoms with E-state index in [1.165, 1.54) is 0 Å². The minimum absolute atomic E-state index is 0.0275. The summed E-state index contributed by atoms with van der Waals surface area (Å²) in [6, 6.07) is 0. The van der Waals surface area contributed by atoms with E-state index in [1.807, 2.05) is 0 Å². The molecule has 1 atom stereocenters. The highest BCUT2D eigenvalue weighted by atomic mass is 127. The minimum atomic E-state index is -4.63. The topological polar surface area (TPSA) is 63.6 Å². The van der Waals surface area contributed by atoms with E-state index in [1.54, 1.807) is 90.4 Å². The summed E-state index contributed by atoms with van der Waals surface area (Å²) < 4.78 is 75.8. The van der Waals surface area contributed by atoms with E-state index in [0.717, 1.165) is 0 Å². The Morgan fingerprint density at radius 1 is 1.05 bits per heavy atom. The zero-order valence-corrected chi connectivity index (χ0v) is 19.0. The summed E-state index contributed by atoms with van der Waals surface area (Å²) in [5, 5.41) is 0. The van der Waals surface area contributed by atoms with E-state index in [0.29, 0.717) is 0 Å². The predicted molar refractivity (Wildman–Crippen MR) is 104 cm³/mol. The largest absolute Gasteiger partial charge is 0.481 e. The Labute approximate surface area is 173 Å². The average molecular weight is 774 g/mol. The molecule has 120 valence electrons. The fourth-order valence-corrected chi connectivity index (χ4v) is 5.16. The molecule has 4 nitrogen and oxygen atoms in total. The van der Waals surface area contributed by atoms with Gasteiger partial charge in [-0.3, -0.25) is 4.55 Å². The molecule has 0 saturated heterocycles. The fraction of sp³-hybridized carbons (Fsp3) is 0.333. The summed E-state index contributed by atoms with van der Waals surface area (Å²) >= 11 is 6.87. The van der Waals surface area contributed by atoms with Crippen LogP contribution in [0.1, 0.15) is 0 Å². The van der Waals surface area contributed by atoms with Crippen LogP contribution in [0, 0.1) is 20.1 Å². The molecule has 12 heteroatoms. The van der Waals surface area contributed by atoms with E-state index in [4.69, 9.17) is 9.29 Å². The second-order valence-corrected chi connectivity index (χ2v) is 9.45. The molecule has 0 aromatic heterocycles. The van der Waals surface area contributed by atoms with E-state index in [9.17, 15) is 21.6 Å². The molecule has 0 aliphatic carbocycles. The number of hydrogen-bond acceptors (Lipinski definition) is 3. The van der Waals surface area contributed by atoms with Crippen molar-refractivity contribution in [1.29, 1.82) is 0 Å². The van der Waals surface area contributed by atoms with Crippen molar-refractivity contribution in [3.8, 4) is 5.75 Å². The van der Waals surface area contributed by atoms with Crippen molar-refractivity contribution in [3.05, 3.63) is 20.1 Å². The van der Waals surface area contributed by atoms with Crippen LogP contribution in [-0.2, 0) is 10.1 Å². The first-order chi connectivity index (χ1) is 9.45. The summed E-state index contributed by atoms with van der Waals surface area (Å²) in [6.07, 6.45) is -5.17. The van der Waals surface area contributed by atoms with Gasteiger partial charge in [-0.05, 0) is 90.4 Å². The number of rotatable bonds is 5. The lowest BCUT2D eigenvalue weighted by molar-refractivity contribution is 0.0225. The highest BCUT2D eigenvalue weighted by Gasteiger charge is 2.31. The summed E-state index contributed by atoms with van der Waals surface area (Å²) in [7, 11) is -4.63. The normalized spacial score (nSPS) is 13.6. The molecule has 0 saturated carbocycles. The highest BCUT2D eigenvalue weighted by molar-refractivity contribution is 14.1. The van der Waals surface area contributed by atoms with Gasteiger partial charge in [-0.2, -0.15) is 8.42 Å². The van der Waals surface area contributed by atoms with Crippen LogP contribution in [0.15, 0.2) is 0 Å². The Morgan fingerprint density at radius 3 is 1.81 bits per heavy atom. The van der Waals surface area contributed by atoms with Crippen LogP contribution >= 0.6 is 90.4 Å². The van der Waals surface area contributed by atoms with E-state index < -0.39 is 34.2 Å². The molecule has 0 bridgehead atoms. The molecule has 21 heavy (non-hydrogen) atoms.